The van der Waals surface area contributed by atoms with E-state index in [0.717, 1.165) is 0 Å². The molecule has 1 unspecified atom stereocenters. The van der Waals surface area contributed by atoms with Gasteiger partial charge in [-0.05, 0) is 25.5 Å². The maximum absolute atomic E-state index is 15.5. The zero-order chi connectivity index (χ0) is 14.6. The first-order valence-electron chi connectivity index (χ1n) is 6.78. The van der Waals surface area contributed by atoms with Crippen LogP contribution in [0.5, 0.6) is 5.75 Å². The van der Waals surface area contributed by atoms with E-state index in [1.807, 2.05) is 38.1 Å². The summed E-state index contributed by atoms with van der Waals surface area (Å²) in [5.74, 6) is 0.541. The topological polar surface area (TPSA) is 35.2 Å². The van der Waals surface area contributed by atoms with E-state index in [4.69, 9.17) is 10.5 Å². The molecule has 0 aromatic heterocycles. The minimum absolute atomic E-state index is 0.0195. The van der Waals surface area contributed by atoms with Crippen LogP contribution in [0.2, 0.25) is 0 Å². The Bertz CT molecular complexity index is 556. The van der Waals surface area contributed by atoms with Crippen molar-refractivity contribution in [3.8, 4) is 5.75 Å². The second-order valence-electron chi connectivity index (χ2n) is 5.03. The average Bonchev–Trinajstić information content (AvgIpc) is 2.47. The van der Waals surface area contributed by atoms with Crippen molar-refractivity contribution in [3.05, 3.63) is 65.7 Å². The molecule has 0 aliphatic heterocycles. The van der Waals surface area contributed by atoms with Gasteiger partial charge in [-0.15, -0.1) is 0 Å². The molecule has 106 valence electrons. The Hall–Kier alpha value is -1.87. The van der Waals surface area contributed by atoms with Gasteiger partial charge in [0.25, 0.3) is 0 Å². The summed E-state index contributed by atoms with van der Waals surface area (Å²) < 4.78 is 21.2. The van der Waals surface area contributed by atoms with E-state index in [1.165, 1.54) is 0 Å². The van der Waals surface area contributed by atoms with Gasteiger partial charge in [0.1, 0.15) is 5.75 Å². The first kappa shape index (κ1) is 14.5. The number of halogens is 1. The third-order valence-corrected chi connectivity index (χ3v) is 3.19. The van der Waals surface area contributed by atoms with Crippen LogP contribution in [0.25, 0.3) is 0 Å². The molecular weight excluding hydrogens is 253 g/mol. The second kappa shape index (κ2) is 6.06. The summed E-state index contributed by atoms with van der Waals surface area (Å²) in [7, 11) is 0. The van der Waals surface area contributed by atoms with Gasteiger partial charge in [-0.1, -0.05) is 48.5 Å². The summed E-state index contributed by atoms with van der Waals surface area (Å²) >= 11 is 0. The average molecular weight is 273 g/mol. The number of alkyl halides is 1. The molecule has 2 aromatic rings. The van der Waals surface area contributed by atoms with Crippen molar-refractivity contribution in [1.82, 2.24) is 0 Å². The van der Waals surface area contributed by atoms with E-state index in [-0.39, 0.29) is 12.6 Å². The molecule has 2 N–H and O–H groups in total. The second-order valence-corrected chi connectivity index (χ2v) is 5.03. The molecule has 0 aliphatic rings. The summed E-state index contributed by atoms with van der Waals surface area (Å²) in [5.41, 5.74) is 5.02. The molecule has 0 heterocycles. The molecular formula is C17H20FNO. The highest BCUT2D eigenvalue weighted by Gasteiger charge is 2.35. The van der Waals surface area contributed by atoms with Crippen molar-refractivity contribution in [1.29, 1.82) is 0 Å². The molecule has 0 bridgehead atoms. The molecule has 0 fully saturated rings. The van der Waals surface area contributed by atoms with Crippen molar-refractivity contribution < 1.29 is 9.13 Å². The fourth-order valence-electron chi connectivity index (χ4n) is 2.24. The fraction of sp³-hybridized carbons (Fsp3) is 0.294. The molecule has 0 spiro atoms. The normalized spacial score (nSPS) is 14.1. The van der Waals surface area contributed by atoms with Crippen molar-refractivity contribution in [2.24, 2.45) is 5.73 Å². The van der Waals surface area contributed by atoms with Crippen LogP contribution in [0.15, 0.2) is 54.6 Å². The number of hydrogen-bond acceptors (Lipinski definition) is 2. The van der Waals surface area contributed by atoms with Gasteiger partial charge in [-0.3, -0.25) is 0 Å². The summed E-state index contributed by atoms with van der Waals surface area (Å²) in [4.78, 5) is 0. The highest BCUT2D eigenvalue weighted by molar-refractivity contribution is 5.45. The van der Waals surface area contributed by atoms with Crippen molar-refractivity contribution in [2.45, 2.75) is 25.6 Å². The quantitative estimate of drug-likeness (QED) is 0.902. The maximum Gasteiger partial charge on any atom is 0.176 e. The largest absolute Gasteiger partial charge is 0.491 e. The number of hydrogen-bond donors (Lipinski definition) is 1. The molecule has 0 saturated carbocycles. The van der Waals surface area contributed by atoms with Crippen LogP contribution in [0.3, 0.4) is 0 Å². The Morgan fingerprint density at radius 1 is 1.05 bits per heavy atom. The Morgan fingerprint density at radius 2 is 1.65 bits per heavy atom. The Labute approximate surface area is 119 Å². The summed E-state index contributed by atoms with van der Waals surface area (Å²) in [6.45, 7) is 3.71. The van der Waals surface area contributed by atoms with Gasteiger partial charge in [0.2, 0.25) is 0 Å². The third kappa shape index (κ3) is 2.83. The first-order chi connectivity index (χ1) is 9.58. The molecule has 20 heavy (non-hydrogen) atoms. The smallest absolute Gasteiger partial charge is 0.176 e. The minimum Gasteiger partial charge on any atom is -0.491 e. The lowest BCUT2D eigenvalue weighted by Crippen LogP contribution is -2.32. The molecule has 2 nitrogen and oxygen atoms in total. The maximum atomic E-state index is 15.5. The number of rotatable bonds is 5. The van der Waals surface area contributed by atoms with E-state index in [0.29, 0.717) is 16.9 Å². The van der Waals surface area contributed by atoms with E-state index >= 15 is 4.39 Å². The molecule has 2 rings (SSSR count). The zero-order valence-corrected chi connectivity index (χ0v) is 11.8. The SMILES string of the molecule is CC(C)Oc1ccccc1C(F)(CN)c1ccccc1. The molecule has 2 aromatic carbocycles. The van der Waals surface area contributed by atoms with Crippen LogP contribution in [0.4, 0.5) is 4.39 Å². The molecule has 0 saturated heterocycles. The molecule has 3 heteroatoms. The van der Waals surface area contributed by atoms with E-state index in [9.17, 15) is 0 Å². The van der Waals surface area contributed by atoms with Gasteiger partial charge in [0, 0.05) is 12.1 Å². The van der Waals surface area contributed by atoms with Crippen LogP contribution in [0, 0.1) is 0 Å². The van der Waals surface area contributed by atoms with Crippen LogP contribution in [-0.2, 0) is 5.67 Å². The number of para-hydroxylation sites is 1. The highest BCUT2D eigenvalue weighted by Crippen LogP contribution is 2.38. The molecule has 1 atom stereocenters. The lowest BCUT2D eigenvalue weighted by molar-refractivity contribution is 0.200. The number of ether oxygens (including phenoxy) is 1. The standard InChI is InChI=1S/C17H20FNO/c1-13(2)20-16-11-7-6-10-15(16)17(18,12-19)14-8-4-3-5-9-14/h3-11,13H,12,19H2,1-2H3. The fourth-order valence-corrected chi connectivity index (χ4v) is 2.24. The summed E-state index contributed by atoms with van der Waals surface area (Å²) in [6, 6.07) is 16.1. The summed E-state index contributed by atoms with van der Waals surface area (Å²) in [6.07, 6.45) is -0.0195. The number of benzene rings is 2. The predicted octanol–water partition coefficient (Wildman–Crippen LogP) is 3.65. The zero-order valence-electron chi connectivity index (χ0n) is 11.8. The van der Waals surface area contributed by atoms with Crippen LogP contribution in [-0.4, -0.2) is 12.6 Å². The van der Waals surface area contributed by atoms with Gasteiger partial charge in [0.15, 0.2) is 5.67 Å². The Kier molecular flexibility index (Phi) is 4.40. The summed E-state index contributed by atoms with van der Waals surface area (Å²) in [5, 5.41) is 0. The van der Waals surface area contributed by atoms with Crippen molar-refractivity contribution in [2.75, 3.05) is 6.54 Å². The van der Waals surface area contributed by atoms with Crippen molar-refractivity contribution in [3.63, 3.8) is 0 Å². The van der Waals surface area contributed by atoms with Crippen molar-refractivity contribution >= 4 is 0 Å². The Morgan fingerprint density at radius 3 is 2.25 bits per heavy atom. The monoisotopic (exact) mass is 273 g/mol. The van der Waals surface area contributed by atoms with Crippen LogP contribution < -0.4 is 10.5 Å². The van der Waals surface area contributed by atoms with Gasteiger partial charge in [-0.2, -0.15) is 0 Å². The van der Waals surface area contributed by atoms with Gasteiger partial charge < -0.3 is 10.5 Å². The molecule has 0 amide bonds. The van der Waals surface area contributed by atoms with E-state index < -0.39 is 5.67 Å². The highest BCUT2D eigenvalue weighted by atomic mass is 19.1. The Balaban J connectivity index is 2.52. The molecule has 0 aliphatic carbocycles. The minimum atomic E-state index is -1.74. The van der Waals surface area contributed by atoms with Gasteiger partial charge >= 0.3 is 0 Å². The van der Waals surface area contributed by atoms with Gasteiger partial charge in [0.05, 0.1) is 6.10 Å². The van der Waals surface area contributed by atoms with Crippen LogP contribution in [0.1, 0.15) is 25.0 Å². The van der Waals surface area contributed by atoms with E-state index in [2.05, 4.69) is 0 Å². The predicted molar refractivity (Wildman–Crippen MR) is 79.6 cm³/mol. The van der Waals surface area contributed by atoms with Gasteiger partial charge in [-0.25, -0.2) is 4.39 Å². The third-order valence-electron chi connectivity index (χ3n) is 3.19. The van der Waals surface area contributed by atoms with Crippen LogP contribution >= 0.6 is 0 Å². The number of nitrogens with two attached hydrogens (primary N) is 1. The molecule has 0 radical (unpaired) electrons. The van der Waals surface area contributed by atoms with E-state index in [1.54, 1.807) is 30.3 Å². The first-order valence-corrected chi connectivity index (χ1v) is 6.78. The lowest BCUT2D eigenvalue weighted by Gasteiger charge is -2.27. The lowest BCUT2D eigenvalue weighted by atomic mass is 9.87.